The van der Waals surface area contributed by atoms with Crippen molar-refractivity contribution in [2.45, 2.75) is 51.5 Å². The van der Waals surface area contributed by atoms with Gasteiger partial charge in [0.15, 0.2) is 0 Å². The Balaban J connectivity index is 1.32. The summed E-state index contributed by atoms with van der Waals surface area (Å²) in [5.74, 6) is 0.593. The van der Waals surface area contributed by atoms with Crippen LogP contribution in [-0.4, -0.2) is 57.9 Å². The smallest absolute Gasteiger partial charge is 0.323 e. The lowest BCUT2D eigenvalue weighted by Crippen LogP contribution is -2.59. The fraction of sp³-hybridized carbons (Fsp3) is 0.636. The summed E-state index contributed by atoms with van der Waals surface area (Å²) in [5.41, 5.74) is -0.759. The zero-order valence-corrected chi connectivity index (χ0v) is 19.7. The number of nitrogens with zero attached hydrogens (tertiary/aromatic N) is 3. The average molecular weight is 492 g/mol. The van der Waals surface area contributed by atoms with E-state index in [0.717, 1.165) is 23.7 Å². The Kier molecular flexibility index (Phi) is 6.35. The minimum absolute atomic E-state index is 0.0340. The van der Waals surface area contributed by atoms with Crippen molar-refractivity contribution in [1.82, 2.24) is 20.1 Å². The highest BCUT2D eigenvalue weighted by molar-refractivity contribution is 9.10. The van der Waals surface area contributed by atoms with Crippen molar-refractivity contribution in [2.24, 2.45) is 17.8 Å². The SMILES string of the molecule is CC1CCCC(C)C12NC(=O)N(CN1CCC(C(=O)Nc3ccc(Br)cn3)CC1)C2=O. The lowest BCUT2D eigenvalue weighted by Gasteiger charge is -2.42. The Morgan fingerprint density at radius 1 is 1.19 bits per heavy atom. The zero-order valence-electron chi connectivity index (χ0n) is 18.1. The van der Waals surface area contributed by atoms with Crippen molar-refractivity contribution in [3.05, 3.63) is 22.8 Å². The third kappa shape index (κ3) is 4.22. The summed E-state index contributed by atoms with van der Waals surface area (Å²) in [6, 6.07) is 3.31. The molecule has 9 heteroatoms. The summed E-state index contributed by atoms with van der Waals surface area (Å²) in [6.45, 7) is 5.76. The molecule has 4 rings (SSSR count). The van der Waals surface area contributed by atoms with Gasteiger partial charge < -0.3 is 10.6 Å². The van der Waals surface area contributed by atoms with E-state index in [2.05, 4.69) is 50.3 Å². The van der Waals surface area contributed by atoms with Crippen LogP contribution >= 0.6 is 15.9 Å². The lowest BCUT2D eigenvalue weighted by molar-refractivity contribution is -0.138. The number of hydrogen-bond acceptors (Lipinski definition) is 5. The topological polar surface area (TPSA) is 94.6 Å². The van der Waals surface area contributed by atoms with Gasteiger partial charge in [-0.1, -0.05) is 20.3 Å². The Labute approximate surface area is 191 Å². The number of rotatable bonds is 4. The molecule has 31 heavy (non-hydrogen) atoms. The molecule has 2 unspecified atom stereocenters. The predicted octanol–water partition coefficient (Wildman–Crippen LogP) is 3.20. The number of imide groups is 1. The van der Waals surface area contributed by atoms with E-state index in [1.807, 2.05) is 6.07 Å². The number of anilines is 1. The molecule has 3 heterocycles. The molecule has 168 valence electrons. The van der Waals surface area contributed by atoms with E-state index >= 15 is 0 Å². The monoisotopic (exact) mass is 491 g/mol. The molecule has 1 aliphatic carbocycles. The minimum atomic E-state index is -0.759. The van der Waals surface area contributed by atoms with Crippen LogP contribution in [0.4, 0.5) is 10.6 Å². The highest BCUT2D eigenvalue weighted by Crippen LogP contribution is 2.42. The fourth-order valence-corrected chi connectivity index (χ4v) is 5.53. The summed E-state index contributed by atoms with van der Waals surface area (Å²) >= 11 is 3.33. The van der Waals surface area contributed by atoms with E-state index in [4.69, 9.17) is 0 Å². The van der Waals surface area contributed by atoms with Gasteiger partial charge in [-0.3, -0.25) is 14.5 Å². The van der Waals surface area contributed by atoms with E-state index < -0.39 is 5.54 Å². The predicted molar refractivity (Wildman–Crippen MR) is 120 cm³/mol. The van der Waals surface area contributed by atoms with Gasteiger partial charge in [-0.05, 0) is 65.6 Å². The van der Waals surface area contributed by atoms with Gasteiger partial charge in [-0.15, -0.1) is 0 Å². The number of likely N-dealkylation sites (tertiary alicyclic amines) is 1. The molecule has 4 amide bonds. The number of hydrogen-bond donors (Lipinski definition) is 2. The zero-order chi connectivity index (χ0) is 22.2. The van der Waals surface area contributed by atoms with E-state index in [-0.39, 0.29) is 42.3 Å². The summed E-state index contributed by atoms with van der Waals surface area (Å²) in [5, 5.41) is 5.92. The number of carbonyl (C=O) groups is 3. The summed E-state index contributed by atoms with van der Waals surface area (Å²) in [6.07, 6.45) is 6.03. The van der Waals surface area contributed by atoms with Crippen LogP contribution in [0.15, 0.2) is 22.8 Å². The van der Waals surface area contributed by atoms with Crippen molar-refractivity contribution in [2.75, 3.05) is 25.1 Å². The van der Waals surface area contributed by atoms with Crippen molar-refractivity contribution in [3.63, 3.8) is 0 Å². The largest absolute Gasteiger partial charge is 0.326 e. The molecule has 1 aromatic heterocycles. The summed E-state index contributed by atoms with van der Waals surface area (Å²) in [4.78, 5) is 46.3. The Morgan fingerprint density at radius 3 is 2.48 bits per heavy atom. The van der Waals surface area contributed by atoms with Gasteiger partial charge in [0.2, 0.25) is 5.91 Å². The van der Waals surface area contributed by atoms with Gasteiger partial charge >= 0.3 is 6.03 Å². The highest BCUT2D eigenvalue weighted by atomic mass is 79.9. The average Bonchev–Trinajstić information content (AvgIpc) is 3.00. The maximum absolute atomic E-state index is 13.3. The maximum Gasteiger partial charge on any atom is 0.326 e. The first kappa shape index (κ1) is 22.2. The molecule has 0 radical (unpaired) electrons. The molecule has 2 atom stereocenters. The summed E-state index contributed by atoms with van der Waals surface area (Å²) < 4.78 is 0.859. The van der Waals surface area contributed by atoms with Crippen LogP contribution in [0.5, 0.6) is 0 Å². The number of aromatic nitrogens is 1. The number of carbonyl (C=O) groups excluding carboxylic acids is 3. The normalized spacial score (nSPS) is 30.0. The van der Waals surface area contributed by atoms with Gasteiger partial charge in [0.05, 0.1) is 6.67 Å². The second-order valence-corrected chi connectivity index (χ2v) is 10.1. The van der Waals surface area contributed by atoms with E-state index in [9.17, 15) is 14.4 Å². The molecular formula is C22H30BrN5O3. The molecule has 3 fully saturated rings. The molecule has 2 aliphatic heterocycles. The van der Waals surface area contributed by atoms with Crippen LogP contribution in [0, 0.1) is 17.8 Å². The van der Waals surface area contributed by atoms with E-state index in [1.54, 1.807) is 12.3 Å². The van der Waals surface area contributed by atoms with Crippen molar-refractivity contribution < 1.29 is 14.4 Å². The van der Waals surface area contributed by atoms with Crippen LogP contribution in [0.3, 0.4) is 0 Å². The quantitative estimate of drug-likeness (QED) is 0.630. The molecule has 1 spiro atoms. The fourth-order valence-electron chi connectivity index (χ4n) is 5.30. The standard InChI is InChI=1S/C22H30BrN5O3/c1-14-4-3-5-15(2)22(14)20(30)28(21(31)26-22)13-27-10-8-16(9-11-27)19(29)25-18-7-6-17(23)12-24-18/h6-7,12,14-16H,3-5,8-11,13H2,1-2H3,(H,26,31)(H,24,25,29). The van der Waals surface area contributed by atoms with Crippen molar-refractivity contribution in [3.8, 4) is 0 Å². The van der Waals surface area contributed by atoms with E-state index in [0.29, 0.717) is 31.7 Å². The number of pyridine rings is 1. The molecule has 8 nitrogen and oxygen atoms in total. The number of urea groups is 1. The second-order valence-electron chi connectivity index (χ2n) is 9.15. The second kappa shape index (κ2) is 8.86. The number of nitrogens with one attached hydrogen (secondary N) is 2. The molecule has 3 aliphatic rings. The van der Waals surface area contributed by atoms with Gasteiger partial charge in [-0.2, -0.15) is 0 Å². The molecule has 1 saturated carbocycles. The number of piperidine rings is 1. The van der Waals surface area contributed by atoms with Crippen molar-refractivity contribution >= 4 is 39.6 Å². The van der Waals surface area contributed by atoms with Crippen LogP contribution in [0.25, 0.3) is 0 Å². The number of halogens is 1. The lowest BCUT2D eigenvalue weighted by atomic mass is 9.67. The Morgan fingerprint density at radius 2 is 1.87 bits per heavy atom. The molecule has 0 bridgehead atoms. The first-order valence-electron chi connectivity index (χ1n) is 11.1. The van der Waals surface area contributed by atoms with E-state index in [1.165, 1.54) is 4.90 Å². The molecule has 0 aromatic carbocycles. The third-order valence-corrected chi connectivity index (χ3v) is 7.73. The molecule has 2 saturated heterocycles. The van der Waals surface area contributed by atoms with Crippen LogP contribution in [-0.2, 0) is 9.59 Å². The molecule has 2 N–H and O–H groups in total. The van der Waals surface area contributed by atoms with Crippen LogP contribution < -0.4 is 10.6 Å². The van der Waals surface area contributed by atoms with Gasteiger partial charge in [0.25, 0.3) is 5.91 Å². The van der Waals surface area contributed by atoms with Crippen LogP contribution in [0.1, 0.15) is 46.0 Å². The summed E-state index contributed by atoms with van der Waals surface area (Å²) in [7, 11) is 0. The van der Waals surface area contributed by atoms with Crippen molar-refractivity contribution in [1.29, 1.82) is 0 Å². The van der Waals surface area contributed by atoms with Crippen LogP contribution in [0.2, 0.25) is 0 Å². The Hall–Kier alpha value is -2.00. The third-order valence-electron chi connectivity index (χ3n) is 7.27. The van der Waals surface area contributed by atoms with Gasteiger partial charge in [0, 0.05) is 29.7 Å². The van der Waals surface area contributed by atoms with Gasteiger partial charge in [0.1, 0.15) is 11.4 Å². The number of amides is 4. The molecule has 1 aromatic rings. The first-order valence-corrected chi connectivity index (χ1v) is 11.9. The first-order chi connectivity index (χ1) is 14.8. The minimum Gasteiger partial charge on any atom is -0.323 e. The van der Waals surface area contributed by atoms with Gasteiger partial charge in [-0.25, -0.2) is 14.7 Å². The maximum atomic E-state index is 13.3. The molecular weight excluding hydrogens is 462 g/mol. The Bertz CT molecular complexity index is 843. The highest BCUT2D eigenvalue weighted by Gasteiger charge is 2.58.